The molecule has 1 heterocycles. The van der Waals surface area contributed by atoms with Crippen LogP contribution in [0.1, 0.15) is 26.2 Å². The third kappa shape index (κ3) is 2.87. The van der Waals surface area contributed by atoms with Gasteiger partial charge < -0.3 is 10.0 Å². The Bertz CT molecular complexity index is 535. The van der Waals surface area contributed by atoms with E-state index in [1.54, 1.807) is 6.92 Å². The van der Waals surface area contributed by atoms with Gasteiger partial charge >= 0.3 is 0 Å². The first-order chi connectivity index (χ1) is 9.32. The first-order valence-corrected chi connectivity index (χ1v) is 6.41. The number of nitro benzene ring substituents is 1. The van der Waals surface area contributed by atoms with Crippen LogP contribution >= 0.6 is 0 Å². The van der Waals surface area contributed by atoms with Crippen LogP contribution in [0.15, 0.2) is 12.1 Å². The molecule has 0 radical (unpaired) electrons. The van der Waals surface area contributed by atoms with Crippen LogP contribution in [-0.4, -0.2) is 28.7 Å². The van der Waals surface area contributed by atoms with Crippen molar-refractivity contribution in [1.82, 2.24) is 0 Å². The molecule has 0 amide bonds. The molecule has 0 aliphatic carbocycles. The molecule has 110 valence electrons. The van der Waals surface area contributed by atoms with Crippen molar-refractivity contribution in [3.63, 3.8) is 0 Å². The van der Waals surface area contributed by atoms with Crippen LogP contribution in [0.4, 0.5) is 20.2 Å². The van der Waals surface area contributed by atoms with Gasteiger partial charge in [-0.05, 0) is 32.3 Å². The Kier molecular flexibility index (Phi) is 3.89. The molecule has 1 atom stereocenters. The summed E-state index contributed by atoms with van der Waals surface area (Å²) >= 11 is 0. The van der Waals surface area contributed by atoms with E-state index >= 15 is 0 Å². The standard InChI is InChI=1S/C13H16F2N2O3/c1-13(18)5-2-7-16(8-6-13)12-10(17(19)20)4-3-9(14)11(12)15/h3-4,18H,2,5-8H2,1H3. The molecule has 2 rings (SSSR count). The van der Waals surface area contributed by atoms with Gasteiger partial charge in [-0.1, -0.05) is 0 Å². The molecule has 0 saturated carbocycles. The van der Waals surface area contributed by atoms with Gasteiger partial charge in [0, 0.05) is 19.2 Å². The van der Waals surface area contributed by atoms with Crippen LogP contribution in [0.25, 0.3) is 0 Å². The van der Waals surface area contributed by atoms with E-state index in [9.17, 15) is 24.0 Å². The van der Waals surface area contributed by atoms with Crippen LogP contribution < -0.4 is 4.90 Å². The fourth-order valence-corrected chi connectivity index (χ4v) is 2.46. The number of nitrogens with zero attached hydrogens (tertiary/aromatic N) is 2. The molecular formula is C13H16F2N2O3. The molecular weight excluding hydrogens is 270 g/mol. The fraction of sp³-hybridized carbons (Fsp3) is 0.538. The van der Waals surface area contributed by atoms with Gasteiger partial charge in [-0.2, -0.15) is 0 Å². The first-order valence-electron chi connectivity index (χ1n) is 6.41. The number of rotatable bonds is 2. The highest BCUT2D eigenvalue weighted by molar-refractivity contribution is 5.64. The molecule has 0 bridgehead atoms. The van der Waals surface area contributed by atoms with Crippen molar-refractivity contribution in [2.45, 2.75) is 31.8 Å². The summed E-state index contributed by atoms with van der Waals surface area (Å²) in [6, 6.07) is 1.72. The quantitative estimate of drug-likeness (QED) is 0.670. The molecule has 1 aromatic rings. The molecule has 1 aromatic carbocycles. The zero-order valence-electron chi connectivity index (χ0n) is 11.1. The topological polar surface area (TPSA) is 66.6 Å². The van der Waals surface area contributed by atoms with Gasteiger partial charge in [-0.3, -0.25) is 10.1 Å². The lowest BCUT2D eigenvalue weighted by Gasteiger charge is -2.24. The molecule has 1 N–H and O–H groups in total. The van der Waals surface area contributed by atoms with Gasteiger partial charge in [0.2, 0.25) is 0 Å². The summed E-state index contributed by atoms with van der Waals surface area (Å²) in [6.07, 6.45) is 1.43. The highest BCUT2D eigenvalue weighted by Crippen LogP contribution is 2.35. The van der Waals surface area contributed by atoms with Gasteiger partial charge in [0.25, 0.3) is 5.69 Å². The first kappa shape index (κ1) is 14.6. The summed E-state index contributed by atoms with van der Waals surface area (Å²) in [6.45, 7) is 2.26. The maximum atomic E-state index is 13.9. The summed E-state index contributed by atoms with van der Waals surface area (Å²) in [4.78, 5) is 11.7. The zero-order chi connectivity index (χ0) is 14.9. The van der Waals surface area contributed by atoms with E-state index in [1.807, 2.05) is 0 Å². The molecule has 0 aromatic heterocycles. The van der Waals surface area contributed by atoms with Crippen LogP contribution in [0.3, 0.4) is 0 Å². The third-order valence-corrected chi connectivity index (χ3v) is 3.62. The maximum Gasteiger partial charge on any atom is 0.295 e. The van der Waals surface area contributed by atoms with E-state index in [2.05, 4.69) is 0 Å². The van der Waals surface area contributed by atoms with E-state index in [0.717, 1.165) is 12.1 Å². The number of hydrogen-bond acceptors (Lipinski definition) is 4. The predicted molar refractivity (Wildman–Crippen MR) is 69.7 cm³/mol. The molecule has 20 heavy (non-hydrogen) atoms. The number of hydrogen-bond donors (Lipinski definition) is 1. The van der Waals surface area contributed by atoms with Gasteiger partial charge in [0.1, 0.15) is 0 Å². The van der Waals surface area contributed by atoms with Crippen molar-refractivity contribution in [2.75, 3.05) is 18.0 Å². The average molecular weight is 286 g/mol. The van der Waals surface area contributed by atoms with E-state index in [4.69, 9.17) is 0 Å². The van der Waals surface area contributed by atoms with Crippen LogP contribution in [-0.2, 0) is 0 Å². The second-order valence-electron chi connectivity index (χ2n) is 5.32. The van der Waals surface area contributed by atoms with Gasteiger partial charge in [-0.15, -0.1) is 0 Å². The molecule has 1 unspecified atom stereocenters. The monoisotopic (exact) mass is 286 g/mol. The summed E-state index contributed by atoms with van der Waals surface area (Å²) < 4.78 is 27.3. The van der Waals surface area contributed by atoms with Crippen molar-refractivity contribution in [1.29, 1.82) is 0 Å². The SMILES string of the molecule is CC1(O)CCCN(c2c([N+](=O)[O-])ccc(F)c2F)CC1. The molecule has 0 spiro atoms. The highest BCUT2D eigenvalue weighted by atomic mass is 19.2. The van der Waals surface area contributed by atoms with E-state index in [1.165, 1.54) is 4.90 Å². The molecule has 5 nitrogen and oxygen atoms in total. The summed E-state index contributed by atoms with van der Waals surface area (Å²) in [7, 11) is 0. The number of nitro groups is 1. The highest BCUT2D eigenvalue weighted by Gasteiger charge is 2.31. The predicted octanol–water partition coefficient (Wildman–Crippen LogP) is 2.61. The lowest BCUT2D eigenvalue weighted by atomic mass is 9.98. The van der Waals surface area contributed by atoms with Gasteiger partial charge in [-0.25, -0.2) is 8.78 Å². The average Bonchev–Trinajstić information content (AvgIpc) is 2.53. The summed E-state index contributed by atoms with van der Waals surface area (Å²) in [5.41, 5.74) is -1.66. The zero-order valence-corrected chi connectivity index (χ0v) is 11.1. The van der Waals surface area contributed by atoms with Crippen molar-refractivity contribution in [3.8, 4) is 0 Å². The fourth-order valence-electron chi connectivity index (χ4n) is 2.46. The van der Waals surface area contributed by atoms with Gasteiger partial charge in [0.15, 0.2) is 17.3 Å². The number of anilines is 1. The van der Waals surface area contributed by atoms with Crippen LogP contribution in [0, 0.1) is 21.7 Å². The van der Waals surface area contributed by atoms with Gasteiger partial charge in [0.05, 0.1) is 10.5 Å². The summed E-state index contributed by atoms with van der Waals surface area (Å²) in [5.74, 6) is -2.32. The van der Waals surface area contributed by atoms with E-state index in [0.29, 0.717) is 25.8 Å². The van der Waals surface area contributed by atoms with Crippen LogP contribution in [0.2, 0.25) is 0 Å². The third-order valence-electron chi connectivity index (χ3n) is 3.62. The lowest BCUT2D eigenvalue weighted by Crippen LogP contribution is -2.29. The molecule has 1 aliphatic rings. The Morgan fingerprint density at radius 2 is 2.05 bits per heavy atom. The number of benzene rings is 1. The Labute approximate surface area is 115 Å². The van der Waals surface area contributed by atoms with Crippen molar-refractivity contribution < 1.29 is 18.8 Å². The number of halogens is 2. The normalized spacial score (nSPS) is 23.5. The maximum absolute atomic E-state index is 13.9. The lowest BCUT2D eigenvalue weighted by molar-refractivity contribution is -0.384. The minimum atomic E-state index is -1.21. The number of aliphatic hydroxyl groups is 1. The second kappa shape index (κ2) is 5.32. The Hall–Kier alpha value is -1.76. The molecule has 7 heteroatoms. The second-order valence-corrected chi connectivity index (χ2v) is 5.32. The molecule has 1 saturated heterocycles. The Morgan fingerprint density at radius 1 is 1.35 bits per heavy atom. The molecule has 1 fully saturated rings. The van der Waals surface area contributed by atoms with Crippen LogP contribution in [0.5, 0.6) is 0 Å². The molecule has 1 aliphatic heterocycles. The Morgan fingerprint density at radius 3 is 2.70 bits per heavy atom. The Balaban J connectivity index is 2.41. The van der Waals surface area contributed by atoms with Crippen molar-refractivity contribution >= 4 is 11.4 Å². The minimum Gasteiger partial charge on any atom is -0.390 e. The summed E-state index contributed by atoms with van der Waals surface area (Å²) in [5, 5.41) is 21.0. The minimum absolute atomic E-state index is 0.244. The van der Waals surface area contributed by atoms with Crippen molar-refractivity contribution in [2.24, 2.45) is 0 Å². The van der Waals surface area contributed by atoms with E-state index in [-0.39, 0.29) is 12.2 Å². The van der Waals surface area contributed by atoms with Crippen molar-refractivity contribution in [3.05, 3.63) is 33.9 Å². The largest absolute Gasteiger partial charge is 0.390 e. The van der Waals surface area contributed by atoms with E-state index < -0.39 is 27.8 Å². The smallest absolute Gasteiger partial charge is 0.295 e.